The van der Waals surface area contributed by atoms with Gasteiger partial charge in [-0.25, -0.2) is 8.42 Å². The summed E-state index contributed by atoms with van der Waals surface area (Å²) < 4.78 is 27.5. The van der Waals surface area contributed by atoms with Crippen LogP contribution in [-0.4, -0.2) is 26.3 Å². The lowest BCUT2D eigenvalue weighted by Crippen LogP contribution is -2.41. The van der Waals surface area contributed by atoms with E-state index in [4.69, 9.17) is 0 Å². The fourth-order valence-electron chi connectivity index (χ4n) is 2.85. The molecule has 4 N–H and O–H groups in total. The van der Waals surface area contributed by atoms with Gasteiger partial charge in [0, 0.05) is 29.7 Å². The molecule has 2 amide bonds. The molecule has 0 aromatic heterocycles. The summed E-state index contributed by atoms with van der Waals surface area (Å²) in [5.41, 5.74) is 2.81. The number of carbonyl (C=O) groups excluding carboxylic acids is 2. The van der Waals surface area contributed by atoms with Crippen LogP contribution in [0.1, 0.15) is 13.8 Å². The first kappa shape index (κ1) is 23.0. The van der Waals surface area contributed by atoms with Gasteiger partial charge in [-0.15, -0.1) is 0 Å². The summed E-state index contributed by atoms with van der Waals surface area (Å²) in [6, 6.07) is 21.4. The van der Waals surface area contributed by atoms with Gasteiger partial charge in [-0.2, -0.15) is 4.72 Å². The van der Waals surface area contributed by atoms with Crippen molar-refractivity contribution in [3.8, 4) is 0 Å². The van der Waals surface area contributed by atoms with Gasteiger partial charge in [-0.1, -0.05) is 18.2 Å². The summed E-state index contributed by atoms with van der Waals surface area (Å²) in [7, 11) is -3.92. The molecule has 0 unspecified atom stereocenters. The number of benzene rings is 3. The van der Waals surface area contributed by atoms with Crippen molar-refractivity contribution in [3.05, 3.63) is 78.9 Å². The van der Waals surface area contributed by atoms with Gasteiger partial charge < -0.3 is 16.0 Å². The Morgan fingerprint density at radius 1 is 0.719 bits per heavy atom. The Morgan fingerprint density at radius 2 is 1.22 bits per heavy atom. The molecule has 9 heteroatoms. The third-order valence-electron chi connectivity index (χ3n) is 4.43. The van der Waals surface area contributed by atoms with Crippen LogP contribution in [0, 0.1) is 0 Å². The van der Waals surface area contributed by atoms with Crippen molar-refractivity contribution in [1.29, 1.82) is 0 Å². The molecule has 3 aromatic carbocycles. The summed E-state index contributed by atoms with van der Waals surface area (Å²) in [6.07, 6.45) is 0. The summed E-state index contributed by atoms with van der Waals surface area (Å²) >= 11 is 0. The van der Waals surface area contributed by atoms with Crippen LogP contribution in [0.5, 0.6) is 0 Å². The second-order valence-electron chi connectivity index (χ2n) is 7.11. The number of amides is 2. The van der Waals surface area contributed by atoms with Crippen LogP contribution < -0.4 is 20.7 Å². The normalized spacial score (nSPS) is 11.9. The molecular formula is C23H24N4O4S. The Balaban J connectivity index is 1.58. The largest absolute Gasteiger partial charge is 0.356 e. The molecule has 3 rings (SSSR count). The summed E-state index contributed by atoms with van der Waals surface area (Å²) in [5.74, 6) is -0.750. The molecule has 0 saturated carbocycles. The van der Waals surface area contributed by atoms with Crippen LogP contribution >= 0.6 is 0 Å². The average Bonchev–Trinajstić information content (AvgIpc) is 2.75. The maximum Gasteiger partial charge on any atom is 0.242 e. The molecule has 1 atom stereocenters. The van der Waals surface area contributed by atoms with Crippen LogP contribution in [0.15, 0.2) is 83.8 Å². The van der Waals surface area contributed by atoms with Crippen molar-refractivity contribution >= 4 is 44.6 Å². The van der Waals surface area contributed by atoms with Crippen molar-refractivity contribution in [1.82, 2.24) is 4.72 Å². The quantitative estimate of drug-likeness (QED) is 0.416. The molecule has 0 spiro atoms. The first-order chi connectivity index (χ1) is 15.2. The Morgan fingerprint density at radius 3 is 1.81 bits per heavy atom. The number of para-hydroxylation sites is 1. The molecule has 0 fully saturated rings. The first-order valence-electron chi connectivity index (χ1n) is 9.86. The van der Waals surface area contributed by atoms with Crippen molar-refractivity contribution < 1.29 is 18.0 Å². The van der Waals surface area contributed by atoms with Gasteiger partial charge in [0.05, 0.1) is 10.9 Å². The fourth-order valence-corrected chi connectivity index (χ4v) is 4.05. The average molecular weight is 453 g/mol. The van der Waals surface area contributed by atoms with E-state index in [1.807, 2.05) is 42.5 Å². The van der Waals surface area contributed by atoms with Crippen LogP contribution in [0.25, 0.3) is 0 Å². The second kappa shape index (κ2) is 10.1. The van der Waals surface area contributed by atoms with Gasteiger partial charge in [0.2, 0.25) is 21.8 Å². The molecule has 3 aromatic rings. The standard InChI is InChI=1S/C23H24N4O4S/c1-16(27-32(30,31)22-14-12-19(13-15-22)24-17(2)28)23(29)26-21-10-8-20(9-11-21)25-18-6-4-3-5-7-18/h3-16,25,27H,1-2H3,(H,24,28)(H,26,29)/t16-/m0/s1. The predicted molar refractivity (Wildman–Crippen MR) is 125 cm³/mol. The van der Waals surface area contributed by atoms with Gasteiger partial charge in [0.25, 0.3) is 0 Å². The molecular weight excluding hydrogens is 428 g/mol. The molecule has 8 nitrogen and oxygen atoms in total. The highest BCUT2D eigenvalue weighted by Crippen LogP contribution is 2.19. The van der Waals surface area contributed by atoms with Crippen molar-refractivity contribution in [2.75, 3.05) is 16.0 Å². The van der Waals surface area contributed by atoms with Crippen LogP contribution in [0.3, 0.4) is 0 Å². The molecule has 32 heavy (non-hydrogen) atoms. The lowest BCUT2D eigenvalue weighted by molar-refractivity contribution is -0.117. The van der Waals surface area contributed by atoms with Gasteiger partial charge in [0.15, 0.2) is 0 Å². The van der Waals surface area contributed by atoms with E-state index in [0.29, 0.717) is 11.4 Å². The molecule has 0 saturated heterocycles. The summed E-state index contributed by atoms with van der Waals surface area (Å²) in [6.45, 7) is 2.82. The molecule has 0 aliphatic heterocycles. The number of hydrogen-bond acceptors (Lipinski definition) is 5. The van der Waals surface area contributed by atoms with Crippen molar-refractivity contribution in [3.63, 3.8) is 0 Å². The van der Waals surface area contributed by atoms with Crippen molar-refractivity contribution in [2.24, 2.45) is 0 Å². The van der Waals surface area contributed by atoms with Crippen LogP contribution in [0.2, 0.25) is 0 Å². The van der Waals surface area contributed by atoms with E-state index < -0.39 is 22.0 Å². The van der Waals surface area contributed by atoms with E-state index in [2.05, 4.69) is 20.7 Å². The molecule has 0 aliphatic carbocycles. The SMILES string of the molecule is CC(=O)Nc1ccc(S(=O)(=O)N[C@@H](C)C(=O)Nc2ccc(Nc3ccccc3)cc2)cc1. The monoisotopic (exact) mass is 452 g/mol. The van der Waals surface area contributed by atoms with E-state index >= 15 is 0 Å². The highest BCUT2D eigenvalue weighted by Gasteiger charge is 2.22. The minimum absolute atomic E-state index is 0.0115. The van der Waals surface area contributed by atoms with Crippen LogP contribution in [-0.2, 0) is 19.6 Å². The molecule has 0 bridgehead atoms. The van der Waals surface area contributed by atoms with E-state index in [-0.39, 0.29) is 10.8 Å². The van der Waals surface area contributed by atoms with Gasteiger partial charge in [0.1, 0.15) is 0 Å². The summed E-state index contributed by atoms with van der Waals surface area (Å²) in [5, 5.41) is 8.50. The summed E-state index contributed by atoms with van der Waals surface area (Å²) in [4.78, 5) is 23.5. The van der Waals surface area contributed by atoms with E-state index in [1.165, 1.54) is 38.1 Å². The minimum atomic E-state index is -3.92. The topological polar surface area (TPSA) is 116 Å². The Kier molecular flexibility index (Phi) is 7.24. The van der Waals surface area contributed by atoms with Crippen molar-refractivity contribution in [2.45, 2.75) is 24.8 Å². The van der Waals surface area contributed by atoms with E-state index in [9.17, 15) is 18.0 Å². The Hall–Kier alpha value is -3.69. The smallest absolute Gasteiger partial charge is 0.242 e. The Labute approximate surface area is 187 Å². The molecule has 0 radical (unpaired) electrons. The first-order valence-corrected chi connectivity index (χ1v) is 11.3. The Bertz CT molecular complexity index is 1180. The molecule has 166 valence electrons. The highest BCUT2D eigenvalue weighted by atomic mass is 32.2. The van der Waals surface area contributed by atoms with E-state index in [1.54, 1.807) is 12.1 Å². The lowest BCUT2D eigenvalue weighted by atomic mass is 10.2. The number of hydrogen-bond donors (Lipinski definition) is 4. The van der Waals surface area contributed by atoms with Gasteiger partial charge in [-0.3, -0.25) is 9.59 Å². The number of carbonyl (C=O) groups is 2. The predicted octanol–water partition coefficient (Wildman–Crippen LogP) is 3.69. The maximum absolute atomic E-state index is 12.6. The molecule has 0 heterocycles. The second-order valence-corrected chi connectivity index (χ2v) is 8.82. The number of nitrogens with one attached hydrogen (secondary N) is 4. The zero-order valence-electron chi connectivity index (χ0n) is 17.6. The van der Waals surface area contributed by atoms with Gasteiger partial charge >= 0.3 is 0 Å². The van der Waals surface area contributed by atoms with Crippen LogP contribution in [0.4, 0.5) is 22.7 Å². The highest BCUT2D eigenvalue weighted by molar-refractivity contribution is 7.89. The lowest BCUT2D eigenvalue weighted by Gasteiger charge is -2.15. The number of rotatable bonds is 8. The number of sulfonamides is 1. The number of anilines is 4. The third-order valence-corrected chi connectivity index (χ3v) is 5.98. The fraction of sp³-hybridized carbons (Fsp3) is 0.130. The zero-order chi connectivity index (χ0) is 23.1. The zero-order valence-corrected chi connectivity index (χ0v) is 18.4. The third kappa shape index (κ3) is 6.40. The maximum atomic E-state index is 12.6. The molecule has 0 aliphatic rings. The minimum Gasteiger partial charge on any atom is -0.356 e. The van der Waals surface area contributed by atoms with Gasteiger partial charge in [-0.05, 0) is 67.6 Å². The van der Waals surface area contributed by atoms with E-state index in [0.717, 1.165) is 11.4 Å².